The first-order chi connectivity index (χ1) is 11.1. The van der Waals surface area contributed by atoms with E-state index in [9.17, 15) is 9.59 Å². The van der Waals surface area contributed by atoms with Gasteiger partial charge in [-0.25, -0.2) is 0 Å². The summed E-state index contributed by atoms with van der Waals surface area (Å²) in [4.78, 5) is 26.6. The standard InChI is InChI=1S/C17H18N2O2S2/c1-22-11-6-4-5-10(9-11)16(21)19-17-14(15(18)20)12-7-2-3-8-13(12)23-17/h4-6,9H,2-3,7-8H2,1H3,(H2,18,20)(H,19,21). The average Bonchev–Trinajstić information content (AvgIpc) is 2.92. The van der Waals surface area contributed by atoms with E-state index in [0.29, 0.717) is 16.1 Å². The second-order valence-electron chi connectivity index (χ2n) is 5.47. The molecular weight excluding hydrogens is 328 g/mol. The summed E-state index contributed by atoms with van der Waals surface area (Å²) in [5, 5.41) is 3.47. The lowest BCUT2D eigenvalue weighted by Crippen LogP contribution is -2.18. The smallest absolute Gasteiger partial charge is 0.256 e. The van der Waals surface area contributed by atoms with Crippen molar-refractivity contribution in [1.29, 1.82) is 0 Å². The molecule has 0 saturated heterocycles. The minimum atomic E-state index is -0.461. The van der Waals surface area contributed by atoms with Crippen LogP contribution in [0.3, 0.4) is 0 Å². The molecule has 3 rings (SSSR count). The van der Waals surface area contributed by atoms with Crippen LogP contribution in [-0.4, -0.2) is 18.1 Å². The van der Waals surface area contributed by atoms with Crippen molar-refractivity contribution in [3.8, 4) is 0 Å². The van der Waals surface area contributed by atoms with Gasteiger partial charge < -0.3 is 11.1 Å². The normalized spacial score (nSPS) is 13.4. The van der Waals surface area contributed by atoms with E-state index in [-0.39, 0.29) is 5.91 Å². The maximum atomic E-state index is 12.5. The number of carbonyl (C=O) groups excluding carboxylic acids is 2. The molecule has 0 unspecified atom stereocenters. The van der Waals surface area contributed by atoms with E-state index in [2.05, 4.69) is 5.32 Å². The van der Waals surface area contributed by atoms with Crippen LogP contribution in [0.5, 0.6) is 0 Å². The number of thioether (sulfide) groups is 1. The van der Waals surface area contributed by atoms with E-state index in [4.69, 9.17) is 5.73 Å². The number of amides is 2. The summed E-state index contributed by atoms with van der Waals surface area (Å²) in [6.45, 7) is 0. The minimum Gasteiger partial charge on any atom is -0.365 e. The summed E-state index contributed by atoms with van der Waals surface area (Å²) >= 11 is 3.07. The van der Waals surface area contributed by atoms with Crippen LogP contribution in [0.2, 0.25) is 0 Å². The molecule has 2 amide bonds. The predicted molar refractivity (Wildman–Crippen MR) is 95.7 cm³/mol. The quantitative estimate of drug-likeness (QED) is 0.829. The Hall–Kier alpha value is -1.79. The molecule has 1 aliphatic carbocycles. The molecule has 3 N–H and O–H groups in total. The molecule has 0 bridgehead atoms. The van der Waals surface area contributed by atoms with Crippen molar-refractivity contribution in [1.82, 2.24) is 0 Å². The first kappa shape index (κ1) is 16.1. The molecule has 1 aromatic heterocycles. The van der Waals surface area contributed by atoms with Gasteiger partial charge in [-0.1, -0.05) is 6.07 Å². The Morgan fingerprint density at radius 1 is 1.26 bits per heavy atom. The van der Waals surface area contributed by atoms with Gasteiger partial charge in [-0.05, 0) is 55.7 Å². The summed E-state index contributed by atoms with van der Waals surface area (Å²) in [6.07, 6.45) is 5.97. The minimum absolute atomic E-state index is 0.206. The van der Waals surface area contributed by atoms with Crippen LogP contribution in [0.15, 0.2) is 29.2 Å². The second-order valence-corrected chi connectivity index (χ2v) is 7.45. The van der Waals surface area contributed by atoms with Gasteiger partial charge in [0.25, 0.3) is 11.8 Å². The van der Waals surface area contributed by atoms with Crippen LogP contribution in [0, 0.1) is 0 Å². The van der Waals surface area contributed by atoms with Gasteiger partial charge in [-0.2, -0.15) is 0 Å². The molecule has 2 aromatic rings. The lowest BCUT2D eigenvalue weighted by molar-refractivity contribution is 0.100. The van der Waals surface area contributed by atoms with Crippen molar-refractivity contribution in [3.05, 3.63) is 45.8 Å². The molecule has 4 nitrogen and oxygen atoms in total. The van der Waals surface area contributed by atoms with Crippen LogP contribution in [0.1, 0.15) is 44.0 Å². The number of aryl methyl sites for hydroxylation is 1. The van der Waals surface area contributed by atoms with Crippen molar-refractivity contribution in [2.75, 3.05) is 11.6 Å². The summed E-state index contributed by atoms with van der Waals surface area (Å²) in [6, 6.07) is 7.43. The zero-order valence-electron chi connectivity index (χ0n) is 12.8. The largest absolute Gasteiger partial charge is 0.365 e. The van der Waals surface area contributed by atoms with E-state index >= 15 is 0 Å². The maximum absolute atomic E-state index is 12.5. The van der Waals surface area contributed by atoms with Crippen molar-refractivity contribution >= 4 is 39.9 Å². The molecule has 0 aliphatic heterocycles. The molecule has 0 fully saturated rings. The number of anilines is 1. The third kappa shape index (κ3) is 3.28. The lowest BCUT2D eigenvalue weighted by Gasteiger charge is -2.11. The number of primary amides is 1. The van der Waals surface area contributed by atoms with Crippen LogP contribution in [-0.2, 0) is 12.8 Å². The molecule has 0 atom stereocenters. The molecule has 6 heteroatoms. The zero-order valence-corrected chi connectivity index (χ0v) is 14.5. The molecule has 1 aromatic carbocycles. The van der Waals surface area contributed by atoms with Crippen molar-refractivity contribution in [2.45, 2.75) is 30.6 Å². The molecular formula is C17H18N2O2S2. The third-order valence-corrected chi connectivity index (χ3v) is 5.91. The fraction of sp³-hybridized carbons (Fsp3) is 0.294. The number of rotatable bonds is 4. The number of hydrogen-bond donors (Lipinski definition) is 2. The Bertz CT molecular complexity index is 768. The van der Waals surface area contributed by atoms with Gasteiger partial charge in [0.05, 0.1) is 5.56 Å². The number of fused-ring (bicyclic) bond motifs is 1. The van der Waals surface area contributed by atoms with E-state index in [1.54, 1.807) is 17.8 Å². The van der Waals surface area contributed by atoms with Crippen LogP contribution in [0.25, 0.3) is 0 Å². The van der Waals surface area contributed by atoms with Crippen molar-refractivity contribution in [3.63, 3.8) is 0 Å². The van der Waals surface area contributed by atoms with Crippen molar-refractivity contribution < 1.29 is 9.59 Å². The Balaban J connectivity index is 1.91. The number of nitrogens with one attached hydrogen (secondary N) is 1. The second kappa shape index (κ2) is 6.76. The molecule has 0 spiro atoms. The fourth-order valence-electron chi connectivity index (χ4n) is 2.85. The Morgan fingerprint density at radius 3 is 2.78 bits per heavy atom. The molecule has 1 heterocycles. The summed E-state index contributed by atoms with van der Waals surface area (Å²) < 4.78 is 0. The molecule has 23 heavy (non-hydrogen) atoms. The van der Waals surface area contributed by atoms with Gasteiger partial charge >= 0.3 is 0 Å². The highest BCUT2D eigenvalue weighted by Crippen LogP contribution is 2.38. The zero-order chi connectivity index (χ0) is 16.4. The highest BCUT2D eigenvalue weighted by Gasteiger charge is 2.25. The van der Waals surface area contributed by atoms with Crippen LogP contribution in [0.4, 0.5) is 5.00 Å². The first-order valence-corrected chi connectivity index (χ1v) is 9.54. The third-order valence-electron chi connectivity index (χ3n) is 3.98. The van der Waals surface area contributed by atoms with Gasteiger partial charge in [0.1, 0.15) is 5.00 Å². The summed E-state index contributed by atoms with van der Waals surface area (Å²) in [5.41, 5.74) is 7.67. The fourth-order valence-corrected chi connectivity index (χ4v) is 4.60. The van der Waals surface area contributed by atoms with Gasteiger partial charge in [-0.15, -0.1) is 23.1 Å². The maximum Gasteiger partial charge on any atom is 0.256 e. The number of thiophene rings is 1. The van der Waals surface area contributed by atoms with Gasteiger partial charge in [0.2, 0.25) is 0 Å². The van der Waals surface area contributed by atoms with E-state index < -0.39 is 5.91 Å². The predicted octanol–water partition coefficient (Wildman–Crippen LogP) is 3.70. The van der Waals surface area contributed by atoms with E-state index in [1.165, 1.54) is 16.2 Å². The number of benzene rings is 1. The SMILES string of the molecule is CSc1cccc(C(=O)Nc2sc3c(c2C(N)=O)CCCC3)c1. The number of carbonyl (C=O) groups is 2. The molecule has 0 saturated carbocycles. The van der Waals surface area contributed by atoms with Gasteiger partial charge in [0.15, 0.2) is 0 Å². The number of nitrogens with two attached hydrogens (primary N) is 1. The lowest BCUT2D eigenvalue weighted by atomic mass is 9.95. The van der Waals surface area contributed by atoms with Crippen LogP contribution < -0.4 is 11.1 Å². The Morgan fingerprint density at radius 2 is 2.04 bits per heavy atom. The Kier molecular flexibility index (Phi) is 4.73. The molecule has 1 aliphatic rings. The highest BCUT2D eigenvalue weighted by molar-refractivity contribution is 7.98. The summed E-state index contributed by atoms with van der Waals surface area (Å²) in [5.74, 6) is -0.667. The van der Waals surface area contributed by atoms with Gasteiger partial charge in [-0.3, -0.25) is 9.59 Å². The highest BCUT2D eigenvalue weighted by atomic mass is 32.2. The molecule has 0 radical (unpaired) electrons. The first-order valence-electron chi connectivity index (χ1n) is 7.50. The van der Waals surface area contributed by atoms with Crippen LogP contribution >= 0.6 is 23.1 Å². The van der Waals surface area contributed by atoms with Gasteiger partial charge in [0, 0.05) is 15.3 Å². The van der Waals surface area contributed by atoms with E-state index in [0.717, 1.165) is 36.1 Å². The monoisotopic (exact) mass is 346 g/mol. The topological polar surface area (TPSA) is 72.2 Å². The van der Waals surface area contributed by atoms with Crippen molar-refractivity contribution in [2.24, 2.45) is 5.73 Å². The molecule has 120 valence electrons. The average molecular weight is 346 g/mol. The van der Waals surface area contributed by atoms with E-state index in [1.807, 2.05) is 24.5 Å². The number of hydrogen-bond acceptors (Lipinski definition) is 4. The summed E-state index contributed by atoms with van der Waals surface area (Å²) in [7, 11) is 0. The Labute approximate surface area is 143 Å².